The number of para-hydroxylation sites is 2. The third kappa shape index (κ3) is 1.42. The molecule has 2 heteroatoms. The van der Waals surface area contributed by atoms with Crippen LogP contribution < -0.4 is 0 Å². The average Bonchev–Trinajstić information content (AvgIpc) is 3.37. The first-order valence-corrected chi connectivity index (χ1v) is 10.8. The molecule has 0 spiro atoms. The summed E-state index contributed by atoms with van der Waals surface area (Å²) in [5, 5.41) is 3.01. The van der Waals surface area contributed by atoms with E-state index in [2.05, 4.69) is 71.8 Å². The lowest BCUT2D eigenvalue weighted by Gasteiger charge is -2.46. The van der Waals surface area contributed by atoms with Crippen molar-refractivity contribution in [3.05, 3.63) is 71.0 Å². The van der Waals surface area contributed by atoms with Crippen molar-refractivity contribution in [3.63, 3.8) is 0 Å². The Morgan fingerprint density at radius 1 is 0.679 bits per heavy atom. The van der Waals surface area contributed by atoms with Gasteiger partial charge in [0.15, 0.2) is 0 Å². The Hall–Kier alpha value is -2.48. The van der Waals surface area contributed by atoms with Crippen molar-refractivity contribution in [2.45, 2.75) is 43.9 Å². The molecule has 2 aromatic carbocycles. The van der Waals surface area contributed by atoms with Gasteiger partial charge in [0.2, 0.25) is 0 Å². The molecular weight excluding hydrogens is 340 g/mol. The number of nitrogens with zero attached hydrogens (tertiary/aromatic N) is 2. The Morgan fingerprint density at radius 3 is 1.75 bits per heavy atom. The first-order valence-electron chi connectivity index (χ1n) is 10.8. The Balaban J connectivity index is 1.69. The van der Waals surface area contributed by atoms with Crippen LogP contribution >= 0.6 is 0 Å². The Labute approximate surface area is 165 Å². The molecule has 7 rings (SSSR count). The van der Waals surface area contributed by atoms with E-state index in [4.69, 9.17) is 0 Å². The van der Waals surface area contributed by atoms with Crippen molar-refractivity contribution >= 4 is 21.8 Å². The Morgan fingerprint density at radius 2 is 1.18 bits per heavy atom. The van der Waals surface area contributed by atoms with Gasteiger partial charge >= 0.3 is 0 Å². The molecule has 0 saturated heterocycles. The number of aromatic nitrogens is 2. The van der Waals surface area contributed by atoms with E-state index in [1.807, 2.05) is 0 Å². The molecule has 0 bridgehead atoms. The maximum atomic E-state index is 2.52. The van der Waals surface area contributed by atoms with Crippen molar-refractivity contribution in [1.29, 1.82) is 0 Å². The summed E-state index contributed by atoms with van der Waals surface area (Å²) in [5.74, 6) is 0. The van der Waals surface area contributed by atoms with Crippen LogP contribution in [0.1, 0.15) is 48.2 Å². The summed E-state index contributed by atoms with van der Waals surface area (Å²) in [5.41, 5.74) is 10.0. The van der Waals surface area contributed by atoms with Gasteiger partial charge in [-0.25, -0.2) is 0 Å². The van der Waals surface area contributed by atoms with Crippen molar-refractivity contribution in [1.82, 2.24) is 9.13 Å². The molecule has 3 aliphatic carbocycles. The number of hydrogen-bond acceptors (Lipinski definition) is 0. The summed E-state index contributed by atoms with van der Waals surface area (Å²) in [6, 6.07) is 18.3. The summed E-state index contributed by atoms with van der Waals surface area (Å²) < 4.78 is 5.03. The lowest BCUT2D eigenvalue weighted by atomic mass is 9.56. The first-order chi connectivity index (χ1) is 13.7. The van der Waals surface area contributed by atoms with E-state index in [9.17, 15) is 0 Å². The number of fused-ring (bicyclic) bond motifs is 6. The zero-order valence-electron chi connectivity index (χ0n) is 16.8. The Bertz CT molecular complexity index is 1210. The normalized spacial score (nSPS) is 27.8. The third-order valence-electron chi connectivity index (χ3n) is 8.68. The van der Waals surface area contributed by atoms with Crippen LogP contribution in [0.3, 0.4) is 0 Å². The van der Waals surface area contributed by atoms with Crippen LogP contribution in [-0.2, 0) is 32.4 Å². The van der Waals surface area contributed by atoms with Crippen molar-refractivity contribution in [3.8, 4) is 0 Å². The minimum atomic E-state index is 0.206. The molecule has 0 amide bonds. The lowest BCUT2D eigenvalue weighted by Crippen LogP contribution is -2.43. The van der Waals surface area contributed by atoms with E-state index < -0.39 is 0 Å². The largest absolute Gasteiger partial charge is 0.347 e. The predicted octanol–water partition coefficient (Wildman–Crippen LogP) is 5.63. The second kappa shape index (κ2) is 4.74. The van der Waals surface area contributed by atoms with Gasteiger partial charge < -0.3 is 9.13 Å². The van der Waals surface area contributed by atoms with E-state index in [1.165, 1.54) is 60.3 Å². The number of benzene rings is 2. The van der Waals surface area contributed by atoms with Gasteiger partial charge in [0.25, 0.3) is 0 Å². The van der Waals surface area contributed by atoms with E-state index in [0.29, 0.717) is 5.41 Å². The van der Waals surface area contributed by atoms with E-state index >= 15 is 0 Å². The topological polar surface area (TPSA) is 9.86 Å². The molecule has 4 aromatic rings. The van der Waals surface area contributed by atoms with Gasteiger partial charge in [0.1, 0.15) is 0 Å². The second-order valence-electron chi connectivity index (χ2n) is 9.54. The molecule has 0 radical (unpaired) electrons. The highest BCUT2D eigenvalue weighted by Crippen LogP contribution is 2.70. The zero-order chi connectivity index (χ0) is 18.7. The summed E-state index contributed by atoms with van der Waals surface area (Å²) in [7, 11) is 4.59. The van der Waals surface area contributed by atoms with Gasteiger partial charge in [-0.15, -0.1) is 0 Å². The molecular formula is C26H26N2. The standard InChI is InChI=1S/C26H26N2/c1-27-19-11-5-3-9-17(19)23-21(27)15-25-13-7-8-14-26(23,25)24-18-10-4-6-12-20(18)28(2)22(24)16-25/h3-6,9-12H,7-8,13-16H2,1-2H3. The van der Waals surface area contributed by atoms with Gasteiger partial charge in [0, 0.05) is 52.7 Å². The van der Waals surface area contributed by atoms with Crippen LogP contribution in [0.2, 0.25) is 0 Å². The second-order valence-corrected chi connectivity index (χ2v) is 9.54. The van der Waals surface area contributed by atoms with Gasteiger partial charge in [0.05, 0.1) is 0 Å². The van der Waals surface area contributed by atoms with Crippen molar-refractivity contribution in [2.75, 3.05) is 0 Å². The average molecular weight is 367 g/mol. The van der Waals surface area contributed by atoms with E-state index in [0.717, 1.165) is 0 Å². The van der Waals surface area contributed by atoms with Crippen LogP contribution in [0.25, 0.3) is 21.8 Å². The van der Waals surface area contributed by atoms with Crippen molar-refractivity contribution in [2.24, 2.45) is 19.5 Å². The fourth-order valence-electron chi connectivity index (χ4n) is 7.68. The maximum Gasteiger partial charge on any atom is 0.0483 e. The SMILES string of the molecule is Cn1c2c(c3ccccc31)C13CCCCC1(C2)Cc1c3c2ccccc2n1C. The Kier molecular flexibility index (Phi) is 2.61. The molecule has 0 N–H and O–H groups in total. The van der Waals surface area contributed by atoms with E-state index in [-0.39, 0.29) is 5.41 Å². The summed E-state index contributed by atoms with van der Waals surface area (Å²) >= 11 is 0. The smallest absolute Gasteiger partial charge is 0.0483 e. The van der Waals surface area contributed by atoms with Crippen LogP contribution in [-0.4, -0.2) is 9.13 Å². The molecule has 1 saturated carbocycles. The predicted molar refractivity (Wildman–Crippen MR) is 115 cm³/mol. The fraction of sp³-hybridized carbons (Fsp3) is 0.385. The molecule has 3 aliphatic rings. The summed E-state index contributed by atoms with van der Waals surface area (Å²) in [6.45, 7) is 0. The quantitative estimate of drug-likeness (QED) is 0.382. The molecule has 0 unspecified atom stereocenters. The zero-order valence-corrected chi connectivity index (χ0v) is 16.8. The maximum absolute atomic E-state index is 2.52. The molecule has 0 aliphatic heterocycles. The highest BCUT2D eigenvalue weighted by atomic mass is 15.0. The van der Waals surface area contributed by atoms with Crippen LogP contribution in [0.15, 0.2) is 48.5 Å². The minimum Gasteiger partial charge on any atom is -0.347 e. The summed E-state index contributed by atoms with van der Waals surface area (Å²) in [4.78, 5) is 0. The van der Waals surface area contributed by atoms with Gasteiger partial charge in [-0.05, 0) is 54.4 Å². The van der Waals surface area contributed by atoms with E-state index in [1.54, 1.807) is 22.5 Å². The van der Waals surface area contributed by atoms with Crippen LogP contribution in [0, 0.1) is 5.41 Å². The minimum absolute atomic E-state index is 0.206. The monoisotopic (exact) mass is 366 g/mol. The molecule has 1 fully saturated rings. The molecule has 0 atom stereocenters. The van der Waals surface area contributed by atoms with Gasteiger partial charge in [-0.3, -0.25) is 0 Å². The van der Waals surface area contributed by atoms with Gasteiger partial charge in [-0.1, -0.05) is 49.2 Å². The number of rotatable bonds is 0. The third-order valence-corrected chi connectivity index (χ3v) is 8.68. The van der Waals surface area contributed by atoms with Gasteiger partial charge in [-0.2, -0.15) is 0 Å². The highest BCUT2D eigenvalue weighted by Gasteiger charge is 2.65. The molecule has 2 nitrogen and oxygen atoms in total. The van der Waals surface area contributed by atoms with Crippen LogP contribution in [0.4, 0.5) is 0 Å². The molecule has 140 valence electrons. The number of hydrogen-bond donors (Lipinski definition) is 0. The molecule has 2 aromatic heterocycles. The highest BCUT2D eigenvalue weighted by molar-refractivity contribution is 5.94. The van der Waals surface area contributed by atoms with Crippen molar-refractivity contribution < 1.29 is 0 Å². The van der Waals surface area contributed by atoms with Crippen LogP contribution in [0.5, 0.6) is 0 Å². The fourth-order valence-corrected chi connectivity index (χ4v) is 7.68. The first kappa shape index (κ1) is 15.4. The molecule has 2 heterocycles. The summed E-state index contributed by atoms with van der Waals surface area (Å²) in [6.07, 6.45) is 7.92. The lowest BCUT2D eigenvalue weighted by molar-refractivity contribution is 0.126. The number of aryl methyl sites for hydroxylation is 2. The molecule has 28 heavy (non-hydrogen) atoms.